The van der Waals surface area contributed by atoms with Gasteiger partial charge < -0.3 is 4.74 Å². The van der Waals surface area contributed by atoms with Crippen molar-refractivity contribution < 1.29 is 17.9 Å². The number of sulfonamides is 1. The molecule has 0 unspecified atom stereocenters. The molecule has 29 heavy (non-hydrogen) atoms. The van der Waals surface area contributed by atoms with Crippen molar-refractivity contribution in [1.82, 2.24) is 9.29 Å². The summed E-state index contributed by atoms with van der Waals surface area (Å²) < 4.78 is 32.8. The summed E-state index contributed by atoms with van der Waals surface area (Å²) in [4.78, 5) is 16.2. The minimum absolute atomic E-state index is 0.0508. The first-order valence-electron chi connectivity index (χ1n) is 9.58. The Kier molecular flexibility index (Phi) is 7.59. The number of ether oxygens (including phenoxy) is 1. The predicted octanol–water partition coefficient (Wildman–Crippen LogP) is 4.46. The van der Waals surface area contributed by atoms with Crippen LogP contribution in [0.25, 0.3) is 0 Å². The zero-order valence-electron chi connectivity index (χ0n) is 17.9. The fourth-order valence-electron chi connectivity index (χ4n) is 2.70. The number of thiazole rings is 1. The molecular formula is C21H30N2O4S2. The zero-order valence-corrected chi connectivity index (χ0v) is 19.6. The van der Waals surface area contributed by atoms with Crippen LogP contribution < -0.4 is 0 Å². The lowest BCUT2D eigenvalue weighted by Gasteiger charge is -2.23. The van der Waals surface area contributed by atoms with Crippen molar-refractivity contribution >= 4 is 27.3 Å². The summed E-state index contributed by atoms with van der Waals surface area (Å²) in [6.45, 7) is 10.9. The molecule has 0 saturated heterocycles. The lowest BCUT2D eigenvalue weighted by Crippen LogP contribution is -2.32. The Balaban J connectivity index is 2.32. The molecule has 0 radical (unpaired) electrons. The first-order chi connectivity index (χ1) is 13.4. The van der Waals surface area contributed by atoms with Crippen molar-refractivity contribution in [1.29, 1.82) is 0 Å². The van der Waals surface area contributed by atoms with Gasteiger partial charge in [-0.1, -0.05) is 46.8 Å². The molecule has 8 heteroatoms. The largest absolute Gasteiger partial charge is 0.464 e. The molecule has 0 fully saturated rings. The number of hydrogen-bond acceptors (Lipinski definition) is 6. The van der Waals surface area contributed by atoms with Crippen LogP contribution in [0, 0.1) is 5.92 Å². The number of esters is 1. The zero-order chi connectivity index (χ0) is 21.8. The summed E-state index contributed by atoms with van der Waals surface area (Å²) in [5.41, 5.74) is 1.22. The van der Waals surface area contributed by atoms with Crippen molar-refractivity contribution in [3.05, 3.63) is 45.9 Å². The molecule has 0 bridgehead atoms. The number of rotatable bonds is 8. The Morgan fingerprint density at radius 3 is 2.34 bits per heavy atom. The number of benzene rings is 1. The van der Waals surface area contributed by atoms with Crippen LogP contribution in [-0.4, -0.2) is 37.3 Å². The van der Waals surface area contributed by atoms with Gasteiger partial charge in [0.05, 0.1) is 18.6 Å². The van der Waals surface area contributed by atoms with Crippen LogP contribution in [0.2, 0.25) is 0 Å². The van der Waals surface area contributed by atoms with Gasteiger partial charge in [-0.05, 0) is 35.4 Å². The SMILES string of the molecule is COC(=O)c1csc(CN(CCC(C)C)S(=O)(=O)c2ccc(C(C)(C)C)cc2)n1. The van der Waals surface area contributed by atoms with E-state index in [0.717, 1.165) is 12.0 Å². The third kappa shape index (κ3) is 6.10. The quantitative estimate of drug-likeness (QED) is 0.569. The van der Waals surface area contributed by atoms with Crippen LogP contribution in [0.15, 0.2) is 34.5 Å². The average molecular weight is 439 g/mol. The Morgan fingerprint density at radius 1 is 1.21 bits per heavy atom. The van der Waals surface area contributed by atoms with Gasteiger partial charge in [0, 0.05) is 11.9 Å². The number of carbonyl (C=O) groups excluding carboxylic acids is 1. The van der Waals surface area contributed by atoms with E-state index in [1.165, 1.54) is 22.8 Å². The van der Waals surface area contributed by atoms with Crippen molar-refractivity contribution in [2.24, 2.45) is 5.92 Å². The second kappa shape index (κ2) is 9.36. The summed E-state index contributed by atoms with van der Waals surface area (Å²) in [6, 6.07) is 7.07. The van der Waals surface area contributed by atoms with Gasteiger partial charge >= 0.3 is 5.97 Å². The Bertz CT molecular complexity index is 926. The topological polar surface area (TPSA) is 76.6 Å². The van der Waals surface area contributed by atoms with E-state index in [0.29, 0.717) is 17.5 Å². The van der Waals surface area contributed by atoms with E-state index in [2.05, 4.69) is 44.3 Å². The molecule has 1 heterocycles. The minimum atomic E-state index is -3.69. The monoisotopic (exact) mass is 438 g/mol. The predicted molar refractivity (Wildman–Crippen MR) is 116 cm³/mol. The first kappa shape index (κ1) is 23.5. The molecule has 0 atom stereocenters. The highest BCUT2D eigenvalue weighted by Crippen LogP contribution is 2.26. The van der Waals surface area contributed by atoms with E-state index in [-0.39, 0.29) is 22.5 Å². The maximum atomic E-state index is 13.3. The van der Waals surface area contributed by atoms with Gasteiger partial charge in [0.25, 0.3) is 0 Å². The van der Waals surface area contributed by atoms with Gasteiger partial charge in [0.1, 0.15) is 5.01 Å². The summed E-state index contributed by atoms with van der Waals surface area (Å²) in [7, 11) is -2.40. The molecule has 0 N–H and O–H groups in total. The van der Waals surface area contributed by atoms with Crippen LogP contribution in [0.4, 0.5) is 0 Å². The molecule has 0 aliphatic carbocycles. The highest BCUT2D eigenvalue weighted by molar-refractivity contribution is 7.89. The summed E-state index contributed by atoms with van der Waals surface area (Å²) in [6.07, 6.45) is 0.731. The summed E-state index contributed by atoms with van der Waals surface area (Å²) in [5.74, 6) is -0.167. The van der Waals surface area contributed by atoms with E-state index < -0.39 is 16.0 Å². The van der Waals surface area contributed by atoms with Crippen molar-refractivity contribution in [2.45, 2.75) is 57.9 Å². The molecule has 160 valence electrons. The standard InChI is InChI=1S/C21H30N2O4S2/c1-15(2)11-12-23(13-19-22-18(14-28-19)20(24)27-6)29(25,26)17-9-7-16(8-10-17)21(3,4)5/h7-10,14-15H,11-13H2,1-6H3. The van der Waals surface area contributed by atoms with E-state index in [9.17, 15) is 13.2 Å². The molecule has 0 spiro atoms. The van der Waals surface area contributed by atoms with E-state index in [1.807, 2.05) is 12.1 Å². The summed E-state index contributed by atoms with van der Waals surface area (Å²) in [5, 5.41) is 2.15. The second-order valence-electron chi connectivity index (χ2n) is 8.41. The Hall–Kier alpha value is -1.77. The van der Waals surface area contributed by atoms with Crippen LogP contribution in [0.5, 0.6) is 0 Å². The molecule has 2 aromatic rings. The van der Waals surface area contributed by atoms with Crippen molar-refractivity contribution in [3.8, 4) is 0 Å². The molecule has 6 nitrogen and oxygen atoms in total. The molecule has 0 aliphatic heterocycles. The lowest BCUT2D eigenvalue weighted by molar-refractivity contribution is 0.0594. The molecule has 1 aromatic heterocycles. The molecule has 0 amide bonds. The third-order valence-corrected chi connectivity index (χ3v) is 7.26. The third-order valence-electron chi connectivity index (χ3n) is 4.57. The van der Waals surface area contributed by atoms with Crippen molar-refractivity contribution in [3.63, 3.8) is 0 Å². The van der Waals surface area contributed by atoms with E-state index in [4.69, 9.17) is 0 Å². The lowest BCUT2D eigenvalue weighted by atomic mass is 9.87. The normalized spacial score (nSPS) is 12.6. The number of carbonyl (C=O) groups is 1. The highest BCUT2D eigenvalue weighted by atomic mass is 32.2. The maximum absolute atomic E-state index is 13.3. The van der Waals surface area contributed by atoms with Gasteiger partial charge in [-0.2, -0.15) is 4.31 Å². The number of hydrogen-bond donors (Lipinski definition) is 0. The molecule has 0 saturated carbocycles. The Labute approximate surface area is 178 Å². The van der Waals surface area contributed by atoms with Gasteiger partial charge in [0.2, 0.25) is 10.0 Å². The van der Waals surface area contributed by atoms with Gasteiger partial charge in [-0.25, -0.2) is 18.2 Å². The second-order valence-corrected chi connectivity index (χ2v) is 11.3. The van der Waals surface area contributed by atoms with Gasteiger partial charge in [-0.15, -0.1) is 11.3 Å². The van der Waals surface area contributed by atoms with Crippen LogP contribution in [0.3, 0.4) is 0 Å². The van der Waals surface area contributed by atoms with Gasteiger partial charge in [0.15, 0.2) is 5.69 Å². The molecule has 1 aromatic carbocycles. The number of aromatic nitrogens is 1. The number of methoxy groups -OCH3 is 1. The molecular weight excluding hydrogens is 408 g/mol. The van der Waals surface area contributed by atoms with E-state index >= 15 is 0 Å². The number of nitrogens with zero attached hydrogens (tertiary/aromatic N) is 2. The molecule has 0 aliphatic rings. The fourth-order valence-corrected chi connectivity index (χ4v) is 4.97. The maximum Gasteiger partial charge on any atom is 0.357 e. The smallest absolute Gasteiger partial charge is 0.357 e. The van der Waals surface area contributed by atoms with E-state index in [1.54, 1.807) is 17.5 Å². The average Bonchev–Trinajstić information content (AvgIpc) is 3.12. The van der Waals surface area contributed by atoms with Gasteiger partial charge in [-0.3, -0.25) is 0 Å². The first-order valence-corrected chi connectivity index (χ1v) is 11.9. The minimum Gasteiger partial charge on any atom is -0.464 e. The van der Waals surface area contributed by atoms with Crippen LogP contribution in [-0.2, 0) is 26.7 Å². The van der Waals surface area contributed by atoms with Crippen LogP contribution >= 0.6 is 11.3 Å². The molecule has 2 rings (SSSR count). The van der Waals surface area contributed by atoms with Crippen molar-refractivity contribution in [2.75, 3.05) is 13.7 Å². The fraction of sp³-hybridized carbons (Fsp3) is 0.524. The highest BCUT2D eigenvalue weighted by Gasteiger charge is 2.27. The summed E-state index contributed by atoms with van der Waals surface area (Å²) >= 11 is 1.25. The van der Waals surface area contributed by atoms with Crippen LogP contribution in [0.1, 0.15) is 62.1 Å². The Morgan fingerprint density at radius 2 is 1.83 bits per heavy atom.